The van der Waals surface area contributed by atoms with Crippen LogP contribution in [-0.4, -0.2) is 53.6 Å². The number of amides is 3. The molecule has 0 unspecified atom stereocenters. The van der Waals surface area contributed by atoms with Crippen LogP contribution in [-0.2, 0) is 9.59 Å². The second kappa shape index (κ2) is 6.96. The minimum absolute atomic E-state index is 0.0687. The quantitative estimate of drug-likeness (QED) is 0.614. The average molecular weight is 271 g/mol. The van der Waals surface area contributed by atoms with Crippen LogP contribution in [0, 0.1) is 0 Å². The third-order valence-electron chi connectivity index (χ3n) is 2.84. The van der Waals surface area contributed by atoms with Crippen molar-refractivity contribution < 1.29 is 19.5 Å². The van der Waals surface area contributed by atoms with E-state index < -0.39 is 18.0 Å². The second-order valence-corrected chi connectivity index (χ2v) is 4.83. The standard InChI is InChI=1S/C12H21N3O4/c1-3-4-9(11(17)18)14-12(19)15(2)7-10(16)13-8-5-6-8/h8-9H,3-7H2,1-2H3,(H,13,16)(H,14,19)(H,17,18)/t9-/m1/s1. The van der Waals surface area contributed by atoms with E-state index in [1.54, 1.807) is 0 Å². The molecule has 0 aliphatic heterocycles. The predicted octanol–water partition coefficient (Wildman–Crippen LogP) is 0.160. The highest BCUT2D eigenvalue weighted by Crippen LogP contribution is 2.18. The molecule has 1 saturated carbocycles. The molecule has 7 heteroatoms. The maximum atomic E-state index is 11.7. The Morgan fingerprint density at radius 2 is 2.00 bits per heavy atom. The van der Waals surface area contributed by atoms with E-state index >= 15 is 0 Å². The van der Waals surface area contributed by atoms with Gasteiger partial charge in [-0.05, 0) is 19.3 Å². The number of rotatable bonds is 7. The fraction of sp³-hybridized carbons (Fsp3) is 0.750. The molecule has 3 amide bonds. The first-order valence-electron chi connectivity index (χ1n) is 6.47. The van der Waals surface area contributed by atoms with Crippen LogP contribution in [0.4, 0.5) is 4.79 Å². The molecule has 0 aromatic carbocycles. The number of likely N-dealkylation sites (N-methyl/N-ethyl adjacent to an activating group) is 1. The SMILES string of the molecule is CCC[C@@H](NC(=O)N(C)CC(=O)NC1CC1)C(=O)O. The zero-order chi connectivity index (χ0) is 14.4. The highest BCUT2D eigenvalue weighted by atomic mass is 16.4. The number of nitrogens with one attached hydrogen (secondary N) is 2. The largest absolute Gasteiger partial charge is 0.480 e. The molecule has 0 heterocycles. The van der Waals surface area contributed by atoms with Crippen LogP contribution in [0.1, 0.15) is 32.6 Å². The van der Waals surface area contributed by atoms with Crippen LogP contribution in [0.2, 0.25) is 0 Å². The molecule has 19 heavy (non-hydrogen) atoms. The van der Waals surface area contributed by atoms with Gasteiger partial charge in [-0.2, -0.15) is 0 Å². The van der Waals surface area contributed by atoms with Crippen LogP contribution in [0.5, 0.6) is 0 Å². The topological polar surface area (TPSA) is 98.7 Å². The van der Waals surface area contributed by atoms with Crippen LogP contribution in [0.15, 0.2) is 0 Å². The van der Waals surface area contributed by atoms with E-state index in [4.69, 9.17) is 5.11 Å². The molecule has 0 spiro atoms. The van der Waals surface area contributed by atoms with Crippen molar-refractivity contribution in [2.75, 3.05) is 13.6 Å². The van der Waals surface area contributed by atoms with E-state index in [0.717, 1.165) is 12.8 Å². The molecule has 1 atom stereocenters. The Morgan fingerprint density at radius 1 is 1.37 bits per heavy atom. The average Bonchev–Trinajstić information content (AvgIpc) is 3.11. The number of carboxylic acids is 1. The predicted molar refractivity (Wildman–Crippen MR) is 68.7 cm³/mol. The number of nitrogens with zero attached hydrogens (tertiary/aromatic N) is 1. The monoisotopic (exact) mass is 271 g/mol. The fourth-order valence-corrected chi connectivity index (χ4v) is 1.59. The summed E-state index contributed by atoms with van der Waals surface area (Å²) < 4.78 is 0. The number of carboxylic acid groups (broad SMARTS) is 1. The fourth-order valence-electron chi connectivity index (χ4n) is 1.59. The smallest absolute Gasteiger partial charge is 0.326 e. The molecule has 0 aromatic rings. The molecular weight excluding hydrogens is 250 g/mol. The van der Waals surface area contributed by atoms with Gasteiger partial charge in [0.05, 0.1) is 0 Å². The van der Waals surface area contributed by atoms with Gasteiger partial charge >= 0.3 is 12.0 Å². The molecule has 1 rings (SSSR count). The third-order valence-corrected chi connectivity index (χ3v) is 2.84. The van der Waals surface area contributed by atoms with Gasteiger partial charge in [0, 0.05) is 13.1 Å². The van der Waals surface area contributed by atoms with Gasteiger partial charge in [-0.3, -0.25) is 4.79 Å². The summed E-state index contributed by atoms with van der Waals surface area (Å²) in [5, 5.41) is 14.1. The van der Waals surface area contributed by atoms with Crippen molar-refractivity contribution in [2.24, 2.45) is 0 Å². The second-order valence-electron chi connectivity index (χ2n) is 4.83. The maximum Gasteiger partial charge on any atom is 0.326 e. The summed E-state index contributed by atoms with van der Waals surface area (Å²) in [6, 6.07) is -1.21. The molecule has 0 aromatic heterocycles. The molecule has 1 fully saturated rings. The number of carbonyl (C=O) groups is 3. The summed E-state index contributed by atoms with van der Waals surface area (Å²) in [6.45, 7) is 1.77. The van der Waals surface area contributed by atoms with E-state index in [-0.39, 0.29) is 18.5 Å². The van der Waals surface area contributed by atoms with Crippen LogP contribution >= 0.6 is 0 Å². The maximum absolute atomic E-state index is 11.7. The van der Waals surface area contributed by atoms with Crippen molar-refractivity contribution >= 4 is 17.9 Å². The minimum Gasteiger partial charge on any atom is -0.480 e. The Bertz CT molecular complexity index is 355. The summed E-state index contributed by atoms with van der Waals surface area (Å²) >= 11 is 0. The first-order valence-corrected chi connectivity index (χ1v) is 6.47. The molecule has 1 aliphatic rings. The van der Waals surface area contributed by atoms with Gasteiger partial charge in [0.15, 0.2) is 0 Å². The number of urea groups is 1. The molecule has 0 bridgehead atoms. The molecule has 7 nitrogen and oxygen atoms in total. The van der Waals surface area contributed by atoms with E-state index in [0.29, 0.717) is 12.8 Å². The van der Waals surface area contributed by atoms with Crippen LogP contribution < -0.4 is 10.6 Å². The summed E-state index contributed by atoms with van der Waals surface area (Å²) in [5.74, 6) is -1.28. The number of carbonyl (C=O) groups excluding carboxylic acids is 2. The van der Waals surface area contributed by atoms with E-state index in [1.165, 1.54) is 11.9 Å². The Hall–Kier alpha value is -1.79. The highest BCUT2D eigenvalue weighted by Gasteiger charge is 2.25. The first kappa shape index (κ1) is 15.3. The van der Waals surface area contributed by atoms with Crippen molar-refractivity contribution in [2.45, 2.75) is 44.7 Å². The lowest BCUT2D eigenvalue weighted by Crippen LogP contribution is -2.49. The van der Waals surface area contributed by atoms with Crippen molar-refractivity contribution in [1.29, 1.82) is 0 Å². The zero-order valence-corrected chi connectivity index (χ0v) is 11.3. The van der Waals surface area contributed by atoms with Gasteiger partial charge in [0.1, 0.15) is 12.6 Å². The normalized spacial score (nSPS) is 15.5. The van der Waals surface area contributed by atoms with Gasteiger partial charge in [-0.15, -0.1) is 0 Å². The van der Waals surface area contributed by atoms with Gasteiger partial charge in [0.25, 0.3) is 0 Å². The minimum atomic E-state index is -1.06. The molecule has 0 saturated heterocycles. The van der Waals surface area contributed by atoms with Crippen molar-refractivity contribution in [3.05, 3.63) is 0 Å². The summed E-state index contributed by atoms with van der Waals surface area (Å²) in [7, 11) is 1.46. The summed E-state index contributed by atoms with van der Waals surface area (Å²) in [4.78, 5) is 35.3. The van der Waals surface area contributed by atoms with E-state index in [2.05, 4.69) is 10.6 Å². The lowest BCUT2D eigenvalue weighted by molar-refractivity contribution is -0.139. The van der Waals surface area contributed by atoms with Crippen molar-refractivity contribution in [3.8, 4) is 0 Å². The van der Waals surface area contributed by atoms with Crippen molar-refractivity contribution in [3.63, 3.8) is 0 Å². The number of hydrogen-bond acceptors (Lipinski definition) is 3. The van der Waals surface area contributed by atoms with Gasteiger partial charge < -0.3 is 20.6 Å². The van der Waals surface area contributed by atoms with E-state index in [1.807, 2.05) is 6.92 Å². The lowest BCUT2D eigenvalue weighted by Gasteiger charge is -2.20. The molecule has 0 radical (unpaired) electrons. The molecular formula is C12H21N3O4. The van der Waals surface area contributed by atoms with Gasteiger partial charge in [-0.1, -0.05) is 13.3 Å². The van der Waals surface area contributed by atoms with Gasteiger partial charge in [-0.25, -0.2) is 9.59 Å². The van der Waals surface area contributed by atoms with Crippen LogP contribution in [0.25, 0.3) is 0 Å². The Kier molecular flexibility index (Phi) is 5.59. The lowest BCUT2D eigenvalue weighted by atomic mass is 10.2. The summed E-state index contributed by atoms with van der Waals surface area (Å²) in [5.41, 5.74) is 0. The van der Waals surface area contributed by atoms with Crippen LogP contribution in [0.3, 0.4) is 0 Å². The third kappa shape index (κ3) is 5.58. The zero-order valence-electron chi connectivity index (χ0n) is 11.3. The number of aliphatic carboxylic acids is 1. The number of hydrogen-bond donors (Lipinski definition) is 3. The Morgan fingerprint density at radius 3 is 2.47 bits per heavy atom. The summed E-state index contributed by atoms with van der Waals surface area (Å²) in [6.07, 6.45) is 2.99. The van der Waals surface area contributed by atoms with E-state index in [9.17, 15) is 14.4 Å². The first-order chi connectivity index (χ1) is 8.93. The molecule has 1 aliphatic carbocycles. The van der Waals surface area contributed by atoms with Crippen molar-refractivity contribution in [1.82, 2.24) is 15.5 Å². The molecule has 3 N–H and O–H groups in total. The Balaban J connectivity index is 2.36. The highest BCUT2D eigenvalue weighted by molar-refractivity contribution is 5.86. The molecule has 108 valence electrons. The van der Waals surface area contributed by atoms with Gasteiger partial charge in [0.2, 0.25) is 5.91 Å². The Labute approximate surface area is 112 Å².